The third-order valence-corrected chi connectivity index (χ3v) is 7.42. The molecule has 0 amide bonds. The van der Waals surface area contributed by atoms with Crippen LogP contribution in [0.1, 0.15) is 53.9 Å². The number of benzene rings is 1. The zero-order valence-electron chi connectivity index (χ0n) is 15.2. The summed E-state index contributed by atoms with van der Waals surface area (Å²) in [5.74, 6) is 0. The van der Waals surface area contributed by atoms with E-state index < -0.39 is 7.29 Å². The Labute approximate surface area is 141 Å². The molecule has 1 aromatic carbocycles. The summed E-state index contributed by atoms with van der Waals surface area (Å²) in [5, 5.41) is 1.92. The molecule has 3 heteroatoms. The normalized spacial score (nSPS) is 21.9. The van der Waals surface area contributed by atoms with Crippen molar-refractivity contribution in [3.05, 3.63) is 53.5 Å². The van der Waals surface area contributed by atoms with E-state index in [4.69, 9.17) is 0 Å². The van der Waals surface area contributed by atoms with Crippen LogP contribution in [0.5, 0.6) is 0 Å². The first-order chi connectivity index (χ1) is 10.7. The number of nitrogens with zero attached hydrogens (tertiary/aromatic N) is 1. The fourth-order valence-electron chi connectivity index (χ4n) is 3.09. The van der Waals surface area contributed by atoms with E-state index in [1.54, 1.807) is 0 Å². The summed E-state index contributed by atoms with van der Waals surface area (Å²) in [4.78, 5) is 0. The molecule has 0 spiro atoms. The Balaban J connectivity index is 2.18. The standard InChI is InChI=1S/C20H30NOP/c1-17-15-18(2)23(22,19-11-7-6-8-12-19)21(16-17)14-10-9-13-20(3,4)5/h6-8,11-12,15-16H,9-10,13-14H2,1-5H3. The van der Waals surface area contributed by atoms with Crippen LogP contribution >= 0.6 is 7.29 Å². The maximum Gasteiger partial charge on any atom is 0.225 e. The summed E-state index contributed by atoms with van der Waals surface area (Å²) in [5.41, 5.74) is 1.55. The van der Waals surface area contributed by atoms with E-state index in [0.29, 0.717) is 5.41 Å². The van der Waals surface area contributed by atoms with Crippen LogP contribution in [0.15, 0.2) is 53.5 Å². The highest BCUT2D eigenvalue weighted by Gasteiger charge is 2.34. The SMILES string of the molecule is CC1=CN(CCCCC(C)(C)C)P(=O)(c2ccccc2)C(C)=C1. The summed E-state index contributed by atoms with van der Waals surface area (Å²) in [6, 6.07) is 9.92. The molecule has 1 heterocycles. The molecule has 126 valence electrons. The van der Waals surface area contributed by atoms with Gasteiger partial charge in [-0.3, -0.25) is 4.57 Å². The number of hydrogen-bond donors (Lipinski definition) is 0. The van der Waals surface area contributed by atoms with E-state index in [1.165, 1.54) is 18.4 Å². The predicted octanol–water partition coefficient (Wildman–Crippen LogP) is 5.93. The molecule has 1 unspecified atom stereocenters. The summed E-state index contributed by atoms with van der Waals surface area (Å²) in [7, 11) is -2.67. The highest BCUT2D eigenvalue weighted by Crippen LogP contribution is 2.58. The molecule has 1 aromatic rings. The van der Waals surface area contributed by atoms with Gasteiger partial charge in [0.1, 0.15) is 0 Å². The average molecular weight is 331 g/mol. The Bertz CT molecular complexity index is 637. The van der Waals surface area contributed by atoms with E-state index in [0.717, 1.165) is 23.6 Å². The second kappa shape index (κ2) is 7.09. The van der Waals surface area contributed by atoms with Crippen molar-refractivity contribution in [2.45, 2.75) is 53.9 Å². The molecule has 1 aliphatic heterocycles. The highest BCUT2D eigenvalue weighted by molar-refractivity contribution is 7.73. The minimum absolute atomic E-state index is 0.368. The van der Waals surface area contributed by atoms with Gasteiger partial charge in [0, 0.05) is 23.4 Å². The average Bonchev–Trinajstić information content (AvgIpc) is 2.48. The van der Waals surface area contributed by atoms with Gasteiger partial charge in [-0.15, -0.1) is 0 Å². The minimum Gasteiger partial charge on any atom is -0.322 e. The molecule has 0 radical (unpaired) electrons. The summed E-state index contributed by atoms with van der Waals surface area (Å²) >= 11 is 0. The Hall–Kier alpha value is -1.27. The Kier molecular flexibility index (Phi) is 5.57. The molecule has 0 aromatic heterocycles. The van der Waals surface area contributed by atoms with E-state index in [1.807, 2.05) is 37.3 Å². The molecule has 0 aliphatic carbocycles. The number of allylic oxidation sites excluding steroid dienone is 3. The lowest BCUT2D eigenvalue weighted by molar-refractivity contribution is 0.352. The van der Waals surface area contributed by atoms with Crippen molar-refractivity contribution in [3.63, 3.8) is 0 Å². The first-order valence-corrected chi connectivity index (χ1v) is 10.2. The molecule has 2 nitrogen and oxygen atoms in total. The van der Waals surface area contributed by atoms with Crippen molar-refractivity contribution < 1.29 is 4.57 Å². The lowest BCUT2D eigenvalue weighted by atomic mass is 9.90. The first-order valence-electron chi connectivity index (χ1n) is 8.53. The molecule has 0 bridgehead atoms. The van der Waals surface area contributed by atoms with Gasteiger partial charge in [-0.1, -0.05) is 45.4 Å². The fraction of sp³-hybridized carbons (Fsp3) is 0.500. The first kappa shape index (κ1) is 18.1. The number of hydrogen-bond acceptors (Lipinski definition) is 1. The second-order valence-corrected chi connectivity index (χ2v) is 10.6. The van der Waals surface area contributed by atoms with Crippen molar-refractivity contribution in [1.82, 2.24) is 4.67 Å². The number of rotatable bonds is 5. The van der Waals surface area contributed by atoms with Crippen LogP contribution < -0.4 is 5.30 Å². The van der Waals surface area contributed by atoms with Gasteiger partial charge in [0.05, 0.1) is 0 Å². The summed E-state index contributed by atoms with van der Waals surface area (Å²) < 4.78 is 16.0. The molecule has 2 rings (SSSR count). The lowest BCUT2D eigenvalue weighted by Gasteiger charge is -2.35. The number of unbranched alkanes of at least 4 members (excludes halogenated alkanes) is 1. The van der Waals surface area contributed by atoms with E-state index in [2.05, 4.69) is 44.6 Å². The third-order valence-electron chi connectivity index (χ3n) is 4.30. The van der Waals surface area contributed by atoms with Crippen molar-refractivity contribution in [2.24, 2.45) is 5.41 Å². The topological polar surface area (TPSA) is 20.3 Å². The third kappa shape index (κ3) is 4.38. The van der Waals surface area contributed by atoms with E-state index >= 15 is 0 Å². The Morgan fingerprint density at radius 1 is 1.04 bits per heavy atom. The zero-order valence-corrected chi connectivity index (χ0v) is 16.1. The van der Waals surface area contributed by atoms with Crippen LogP contribution in [0.2, 0.25) is 0 Å². The maximum absolute atomic E-state index is 13.8. The lowest BCUT2D eigenvalue weighted by Crippen LogP contribution is -2.25. The summed E-state index contributed by atoms with van der Waals surface area (Å²) in [6.07, 6.45) is 7.60. The van der Waals surface area contributed by atoms with Gasteiger partial charge in [-0.2, -0.15) is 0 Å². The molecule has 0 fully saturated rings. The monoisotopic (exact) mass is 331 g/mol. The molecular weight excluding hydrogens is 301 g/mol. The molecule has 0 saturated carbocycles. The van der Waals surface area contributed by atoms with Crippen LogP contribution in [0, 0.1) is 5.41 Å². The highest BCUT2D eigenvalue weighted by atomic mass is 31.2. The van der Waals surface area contributed by atoms with Gasteiger partial charge in [-0.25, -0.2) is 0 Å². The fourth-order valence-corrected chi connectivity index (χ4v) is 5.92. The van der Waals surface area contributed by atoms with Gasteiger partial charge < -0.3 is 4.67 Å². The van der Waals surface area contributed by atoms with Crippen LogP contribution in [-0.2, 0) is 4.57 Å². The van der Waals surface area contributed by atoms with Crippen LogP contribution in [0.4, 0.5) is 0 Å². The van der Waals surface area contributed by atoms with Gasteiger partial charge in [0.15, 0.2) is 0 Å². The minimum atomic E-state index is -2.67. The molecule has 23 heavy (non-hydrogen) atoms. The van der Waals surface area contributed by atoms with Crippen molar-refractivity contribution in [3.8, 4) is 0 Å². The van der Waals surface area contributed by atoms with Crippen molar-refractivity contribution in [2.75, 3.05) is 6.54 Å². The van der Waals surface area contributed by atoms with Crippen molar-refractivity contribution >= 4 is 12.6 Å². The van der Waals surface area contributed by atoms with E-state index in [9.17, 15) is 4.57 Å². The van der Waals surface area contributed by atoms with Crippen LogP contribution in [0.25, 0.3) is 0 Å². The zero-order chi connectivity index (χ0) is 17.1. The Morgan fingerprint density at radius 3 is 2.30 bits per heavy atom. The van der Waals surface area contributed by atoms with Gasteiger partial charge >= 0.3 is 0 Å². The van der Waals surface area contributed by atoms with Crippen LogP contribution in [-0.4, -0.2) is 11.2 Å². The van der Waals surface area contributed by atoms with Gasteiger partial charge in [-0.05, 0) is 55.9 Å². The summed E-state index contributed by atoms with van der Waals surface area (Å²) in [6.45, 7) is 11.8. The molecule has 1 aliphatic rings. The molecule has 1 atom stereocenters. The van der Waals surface area contributed by atoms with Crippen molar-refractivity contribution in [1.29, 1.82) is 0 Å². The predicted molar refractivity (Wildman–Crippen MR) is 101 cm³/mol. The van der Waals surface area contributed by atoms with E-state index in [-0.39, 0.29) is 0 Å². The second-order valence-electron chi connectivity index (χ2n) is 7.75. The largest absolute Gasteiger partial charge is 0.322 e. The molecule has 0 N–H and O–H groups in total. The van der Waals surface area contributed by atoms with Gasteiger partial charge in [0.2, 0.25) is 7.29 Å². The van der Waals surface area contributed by atoms with Gasteiger partial charge in [0.25, 0.3) is 0 Å². The smallest absolute Gasteiger partial charge is 0.225 e. The quantitative estimate of drug-likeness (QED) is 0.492. The Morgan fingerprint density at radius 2 is 1.70 bits per heavy atom. The molecule has 0 saturated heterocycles. The molecular formula is C20H30NOP. The van der Waals surface area contributed by atoms with Crippen LogP contribution in [0.3, 0.4) is 0 Å². The maximum atomic E-state index is 13.8.